The Morgan fingerprint density at radius 1 is 1.73 bits per heavy atom. The summed E-state index contributed by atoms with van der Waals surface area (Å²) in [5.74, 6) is 0.671. The maximum Gasteiger partial charge on any atom is 0.235 e. The van der Waals surface area contributed by atoms with Crippen LogP contribution < -0.4 is 16.2 Å². The fourth-order valence-electron chi connectivity index (χ4n) is 0.776. The first-order chi connectivity index (χ1) is 5.29. The van der Waals surface area contributed by atoms with Crippen molar-refractivity contribution in [1.29, 1.82) is 0 Å². The Morgan fingerprint density at radius 3 is 3.09 bits per heavy atom. The van der Waals surface area contributed by atoms with E-state index in [1.54, 1.807) is 0 Å². The van der Waals surface area contributed by atoms with Crippen LogP contribution in [0.2, 0.25) is 0 Å². The van der Waals surface area contributed by atoms with E-state index in [4.69, 9.17) is 0 Å². The van der Waals surface area contributed by atoms with E-state index >= 15 is 0 Å². The van der Waals surface area contributed by atoms with E-state index in [0.717, 1.165) is 18.9 Å². The van der Waals surface area contributed by atoms with Crippen molar-refractivity contribution in [1.82, 2.24) is 16.2 Å². The van der Waals surface area contributed by atoms with Crippen LogP contribution in [0.1, 0.15) is 6.92 Å². The highest BCUT2D eigenvalue weighted by Gasteiger charge is 2.02. The zero-order valence-electron chi connectivity index (χ0n) is 6.48. The number of carbonyl (C=O) groups excluding carboxylic acids is 1. The SMILES string of the molecule is CC(=O)NNC1=NCCNC1. The molecule has 0 unspecified atom stereocenters. The van der Waals surface area contributed by atoms with Crippen LogP contribution in [-0.4, -0.2) is 31.4 Å². The van der Waals surface area contributed by atoms with Gasteiger partial charge in [-0.1, -0.05) is 0 Å². The van der Waals surface area contributed by atoms with E-state index in [9.17, 15) is 4.79 Å². The topological polar surface area (TPSA) is 65.5 Å². The number of nitrogens with one attached hydrogen (secondary N) is 3. The second kappa shape index (κ2) is 3.92. The molecular formula is C6H12N4O. The lowest BCUT2D eigenvalue weighted by Crippen LogP contribution is -2.47. The first kappa shape index (κ1) is 8.00. The number of amidine groups is 1. The number of aliphatic imine (C=N–C) groups is 1. The van der Waals surface area contributed by atoms with Crippen molar-refractivity contribution in [2.75, 3.05) is 19.6 Å². The summed E-state index contributed by atoms with van der Waals surface area (Å²) < 4.78 is 0. The van der Waals surface area contributed by atoms with Gasteiger partial charge in [0, 0.05) is 13.5 Å². The van der Waals surface area contributed by atoms with Crippen LogP contribution in [0.15, 0.2) is 4.99 Å². The van der Waals surface area contributed by atoms with Crippen molar-refractivity contribution < 1.29 is 4.79 Å². The largest absolute Gasteiger partial charge is 0.308 e. The zero-order valence-corrected chi connectivity index (χ0v) is 6.48. The number of amides is 1. The second-order valence-corrected chi connectivity index (χ2v) is 2.31. The summed E-state index contributed by atoms with van der Waals surface area (Å²) in [4.78, 5) is 14.6. The van der Waals surface area contributed by atoms with E-state index in [2.05, 4.69) is 21.2 Å². The molecule has 0 bridgehead atoms. The lowest BCUT2D eigenvalue weighted by atomic mass is 10.4. The summed E-state index contributed by atoms with van der Waals surface area (Å²) in [5.41, 5.74) is 5.16. The predicted molar refractivity (Wildman–Crippen MR) is 42.1 cm³/mol. The third-order valence-electron chi connectivity index (χ3n) is 1.27. The lowest BCUT2D eigenvalue weighted by molar-refractivity contribution is -0.119. The number of carbonyl (C=O) groups is 1. The Hall–Kier alpha value is -1.10. The van der Waals surface area contributed by atoms with Crippen molar-refractivity contribution in [2.24, 2.45) is 4.99 Å². The summed E-state index contributed by atoms with van der Waals surface area (Å²) in [6.45, 7) is 3.82. The number of nitrogens with zero attached hydrogens (tertiary/aromatic N) is 1. The van der Waals surface area contributed by atoms with Gasteiger partial charge in [-0.15, -0.1) is 0 Å². The maximum atomic E-state index is 10.4. The van der Waals surface area contributed by atoms with Crippen molar-refractivity contribution in [3.8, 4) is 0 Å². The van der Waals surface area contributed by atoms with Crippen molar-refractivity contribution >= 4 is 11.7 Å². The van der Waals surface area contributed by atoms with Crippen LogP contribution in [0.3, 0.4) is 0 Å². The van der Waals surface area contributed by atoms with Crippen molar-refractivity contribution in [3.05, 3.63) is 0 Å². The zero-order chi connectivity index (χ0) is 8.10. The minimum Gasteiger partial charge on any atom is -0.308 e. The summed E-state index contributed by atoms with van der Waals surface area (Å²) in [6.07, 6.45) is 0. The quantitative estimate of drug-likeness (QED) is 0.379. The molecule has 0 aliphatic carbocycles. The van der Waals surface area contributed by atoms with E-state index in [1.165, 1.54) is 6.92 Å². The Morgan fingerprint density at radius 2 is 2.55 bits per heavy atom. The molecule has 0 fully saturated rings. The molecule has 1 heterocycles. The molecule has 1 aliphatic heterocycles. The minimum absolute atomic E-state index is 0.113. The van der Waals surface area contributed by atoms with Gasteiger partial charge < -0.3 is 5.32 Å². The molecule has 5 nitrogen and oxygen atoms in total. The first-order valence-corrected chi connectivity index (χ1v) is 3.55. The molecule has 0 aromatic carbocycles. The molecule has 1 aliphatic rings. The first-order valence-electron chi connectivity index (χ1n) is 3.55. The Labute approximate surface area is 65.2 Å². The molecular weight excluding hydrogens is 144 g/mol. The predicted octanol–water partition coefficient (Wildman–Crippen LogP) is -1.37. The molecule has 3 N–H and O–H groups in total. The van der Waals surface area contributed by atoms with E-state index in [-0.39, 0.29) is 5.91 Å². The van der Waals surface area contributed by atoms with E-state index in [0.29, 0.717) is 6.54 Å². The fourth-order valence-corrected chi connectivity index (χ4v) is 0.776. The average molecular weight is 156 g/mol. The average Bonchev–Trinajstić information content (AvgIpc) is 2.03. The summed E-state index contributed by atoms with van der Waals surface area (Å²) in [6, 6.07) is 0. The molecule has 0 atom stereocenters. The molecule has 11 heavy (non-hydrogen) atoms. The minimum atomic E-state index is -0.113. The molecule has 0 spiro atoms. The van der Waals surface area contributed by atoms with Crippen LogP contribution >= 0.6 is 0 Å². The van der Waals surface area contributed by atoms with Crippen LogP contribution in [0.4, 0.5) is 0 Å². The number of hydrazine groups is 1. The third kappa shape index (κ3) is 2.99. The molecule has 1 rings (SSSR count). The van der Waals surface area contributed by atoms with Gasteiger partial charge in [0.2, 0.25) is 5.91 Å². The van der Waals surface area contributed by atoms with Gasteiger partial charge in [-0.3, -0.25) is 20.6 Å². The highest BCUT2D eigenvalue weighted by atomic mass is 16.2. The molecule has 0 aromatic heterocycles. The smallest absolute Gasteiger partial charge is 0.235 e. The van der Waals surface area contributed by atoms with E-state index in [1.807, 2.05) is 0 Å². The van der Waals surface area contributed by atoms with Crippen LogP contribution in [0, 0.1) is 0 Å². The van der Waals surface area contributed by atoms with Gasteiger partial charge in [-0.2, -0.15) is 0 Å². The Bertz CT molecular complexity index is 177. The number of rotatable bonds is 0. The standard InChI is InChI=1S/C6H12N4O/c1-5(11)9-10-6-4-7-2-3-8-6/h7H,2-4H2,1H3,(H,8,10)(H,9,11). The van der Waals surface area contributed by atoms with E-state index < -0.39 is 0 Å². The third-order valence-corrected chi connectivity index (χ3v) is 1.27. The number of hydrogen-bond donors (Lipinski definition) is 3. The summed E-state index contributed by atoms with van der Waals surface area (Å²) >= 11 is 0. The van der Waals surface area contributed by atoms with Gasteiger partial charge in [0.1, 0.15) is 5.84 Å². The second-order valence-electron chi connectivity index (χ2n) is 2.31. The monoisotopic (exact) mass is 156 g/mol. The van der Waals surface area contributed by atoms with Gasteiger partial charge >= 0.3 is 0 Å². The van der Waals surface area contributed by atoms with Gasteiger partial charge in [0.15, 0.2) is 0 Å². The molecule has 5 heteroatoms. The van der Waals surface area contributed by atoms with Crippen LogP contribution in [-0.2, 0) is 4.79 Å². The van der Waals surface area contributed by atoms with Crippen molar-refractivity contribution in [2.45, 2.75) is 6.92 Å². The highest BCUT2D eigenvalue weighted by molar-refractivity contribution is 5.86. The molecule has 1 amide bonds. The molecule has 0 radical (unpaired) electrons. The molecule has 0 saturated heterocycles. The van der Waals surface area contributed by atoms with Crippen molar-refractivity contribution in [3.63, 3.8) is 0 Å². The van der Waals surface area contributed by atoms with Gasteiger partial charge in [-0.25, -0.2) is 0 Å². The van der Waals surface area contributed by atoms with Gasteiger partial charge in [0.05, 0.1) is 13.1 Å². The molecule has 0 saturated carbocycles. The molecule has 0 aromatic rings. The molecule has 62 valence electrons. The Balaban J connectivity index is 2.24. The maximum absolute atomic E-state index is 10.4. The van der Waals surface area contributed by atoms with Crippen LogP contribution in [0.25, 0.3) is 0 Å². The summed E-state index contributed by atoms with van der Waals surface area (Å²) in [5, 5.41) is 3.11. The highest BCUT2D eigenvalue weighted by Crippen LogP contribution is 1.79. The number of hydrogen-bond acceptors (Lipinski definition) is 4. The van der Waals surface area contributed by atoms with Gasteiger partial charge in [-0.05, 0) is 0 Å². The lowest BCUT2D eigenvalue weighted by Gasteiger charge is -2.14. The fraction of sp³-hybridized carbons (Fsp3) is 0.667. The normalized spacial score (nSPS) is 17.0. The van der Waals surface area contributed by atoms with Crippen LogP contribution in [0.5, 0.6) is 0 Å². The van der Waals surface area contributed by atoms with Gasteiger partial charge in [0.25, 0.3) is 0 Å². The Kier molecular flexibility index (Phi) is 2.85. The summed E-state index contributed by atoms with van der Waals surface area (Å²) in [7, 11) is 0.